The lowest BCUT2D eigenvalue weighted by molar-refractivity contribution is -0.127. The number of carbonyl (C=O) groups is 2. The van der Waals surface area contributed by atoms with Crippen molar-refractivity contribution in [3.63, 3.8) is 0 Å². The van der Waals surface area contributed by atoms with Gasteiger partial charge in [0.25, 0.3) is 0 Å². The molecule has 2 rings (SSSR count). The van der Waals surface area contributed by atoms with Gasteiger partial charge in [-0.05, 0) is 29.7 Å². The van der Waals surface area contributed by atoms with E-state index in [0.717, 1.165) is 5.56 Å². The molecule has 6 heteroatoms. The molecule has 0 unspecified atom stereocenters. The molecule has 126 valence electrons. The molecule has 0 aliphatic heterocycles. The van der Waals surface area contributed by atoms with Crippen LogP contribution in [0.4, 0.5) is 0 Å². The highest BCUT2D eigenvalue weighted by Gasteiger charge is 2.19. The minimum atomic E-state index is -0.813. The van der Waals surface area contributed by atoms with Crippen molar-refractivity contribution < 1.29 is 9.59 Å². The van der Waals surface area contributed by atoms with Gasteiger partial charge >= 0.3 is 0 Å². The van der Waals surface area contributed by atoms with E-state index in [4.69, 9.17) is 28.9 Å². The fraction of sp³-hybridized carbons (Fsp3) is 0.222. The number of hydrogen-bond acceptors (Lipinski definition) is 2. The van der Waals surface area contributed by atoms with Crippen molar-refractivity contribution in [3.8, 4) is 0 Å². The molecule has 3 N–H and O–H groups in total. The molecule has 0 fully saturated rings. The van der Waals surface area contributed by atoms with Crippen molar-refractivity contribution in [1.82, 2.24) is 5.32 Å². The summed E-state index contributed by atoms with van der Waals surface area (Å²) in [4.78, 5) is 23.7. The van der Waals surface area contributed by atoms with E-state index in [2.05, 4.69) is 5.32 Å². The molecule has 0 aliphatic carbocycles. The van der Waals surface area contributed by atoms with Crippen LogP contribution in [0.15, 0.2) is 48.5 Å². The molecular formula is C18H18Cl2N2O2. The van der Waals surface area contributed by atoms with Crippen LogP contribution < -0.4 is 11.1 Å². The maximum atomic E-state index is 12.1. The first-order valence-corrected chi connectivity index (χ1v) is 8.28. The van der Waals surface area contributed by atoms with Crippen LogP contribution >= 0.6 is 23.2 Å². The first kappa shape index (κ1) is 18.3. The Hall–Kier alpha value is -2.04. The van der Waals surface area contributed by atoms with E-state index in [9.17, 15) is 9.59 Å². The summed E-state index contributed by atoms with van der Waals surface area (Å²) in [7, 11) is 0. The summed E-state index contributed by atoms with van der Waals surface area (Å²) in [5.74, 6) is -0.832. The Bertz CT molecular complexity index is 720. The fourth-order valence-electron chi connectivity index (χ4n) is 2.30. The maximum absolute atomic E-state index is 12.1. The number of carbonyl (C=O) groups excluding carboxylic acids is 2. The predicted octanol–water partition coefficient (Wildman–Crippen LogP) is 3.14. The molecular weight excluding hydrogens is 347 g/mol. The van der Waals surface area contributed by atoms with Crippen molar-refractivity contribution in [2.24, 2.45) is 5.73 Å². The number of amides is 2. The molecule has 0 heterocycles. The monoisotopic (exact) mass is 364 g/mol. The standard InChI is InChI=1S/C18H18Cl2N2O2/c19-14-8-7-13(15(20)11-14)10-16(18(21)24)22-17(23)9-6-12-4-2-1-3-5-12/h1-5,7-8,11,16H,6,9-10H2,(H2,21,24)(H,22,23)/t16-/m1/s1. The molecule has 2 amide bonds. The van der Waals surface area contributed by atoms with Gasteiger partial charge in [0.1, 0.15) is 6.04 Å². The second-order valence-corrected chi connectivity index (χ2v) is 6.29. The van der Waals surface area contributed by atoms with Gasteiger partial charge in [0.05, 0.1) is 0 Å². The molecule has 0 bridgehead atoms. The molecule has 0 radical (unpaired) electrons. The normalized spacial score (nSPS) is 11.8. The van der Waals surface area contributed by atoms with Gasteiger partial charge in [0.15, 0.2) is 0 Å². The van der Waals surface area contributed by atoms with Gasteiger partial charge in [-0.1, -0.05) is 59.6 Å². The van der Waals surface area contributed by atoms with E-state index < -0.39 is 11.9 Å². The summed E-state index contributed by atoms with van der Waals surface area (Å²) >= 11 is 12.0. The highest BCUT2D eigenvalue weighted by atomic mass is 35.5. The maximum Gasteiger partial charge on any atom is 0.240 e. The Balaban J connectivity index is 1.95. The Labute approximate surface area is 150 Å². The average Bonchev–Trinajstić information content (AvgIpc) is 2.55. The molecule has 24 heavy (non-hydrogen) atoms. The third-order valence-corrected chi connectivity index (χ3v) is 4.19. The average molecular weight is 365 g/mol. The molecule has 2 aromatic rings. The number of halogens is 2. The number of benzene rings is 2. The summed E-state index contributed by atoms with van der Waals surface area (Å²) in [5.41, 5.74) is 7.16. The van der Waals surface area contributed by atoms with Crippen LogP contribution in [0, 0.1) is 0 Å². The molecule has 0 saturated heterocycles. The number of primary amides is 1. The molecule has 0 spiro atoms. The van der Waals surface area contributed by atoms with E-state index in [1.165, 1.54) is 0 Å². The van der Waals surface area contributed by atoms with Crippen LogP contribution in [0.1, 0.15) is 17.5 Å². The van der Waals surface area contributed by atoms with Gasteiger partial charge in [-0.15, -0.1) is 0 Å². The zero-order valence-corrected chi connectivity index (χ0v) is 14.5. The van der Waals surface area contributed by atoms with E-state index in [1.54, 1.807) is 18.2 Å². The highest BCUT2D eigenvalue weighted by molar-refractivity contribution is 6.35. The summed E-state index contributed by atoms with van der Waals surface area (Å²) < 4.78 is 0. The molecule has 0 saturated carbocycles. The lowest BCUT2D eigenvalue weighted by atomic mass is 10.0. The Morgan fingerprint density at radius 3 is 2.42 bits per heavy atom. The topological polar surface area (TPSA) is 72.2 Å². The summed E-state index contributed by atoms with van der Waals surface area (Å²) in [5, 5.41) is 3.62. The lowest BCUT2D eigenvalue weighted by Crippen LogP contribution is -2.46. The van der Waals surface area contributed by atoms with Gasteiger partial charge in [-0.2, -0.15) is 0 Å². The van der Waals surface area contributed by atoms with Gasteiger partial charge in [-0.25, -0.2) is 0 Å². The Morgan fingerprint density at radius 2 is 1.79 bits per heavy atom. The zero-order valence-electron chi connectivity index (χ0n) is 13.0. The minimum absolute atomic E-state index is 0.225. The van der Waals surface area contributed by atoms with Crippen LogP contribution in [0.2, 0.25) is 10.0 Å². The van der Waals surface area contributed by atoms with Crippen LogP contribution in [-0.4, -0.2) is 17.9 Å². The molecule has 0 aliphatic rings. The van der Waals surface area contributed by atoms with Crippen molar-refractivity contribution in [3.05, 3.63) is 69.7 Å². The quantitative estimate of drug-likeness (QED) is 0.791. The van der Waals surface area contributed by atoms with Crippen LogP contribution in [-0.2, 0) is 22.4 Å². The smallest absolute Gasteiger partial charge is 0.240 e. The van der Waals surface area contributed by atoms with Gasteiger partial charge in [-0.3, -0.25) is 9.59 Å². The predicted molar refractivity (Wildman–Crippen MR) is 96.1 cm³/mol. The first-order chi connectivity index (χ1) is 11.5. The van der Waals surface area contributed by atoms with Gasteiger partial charge < -0.3 is 11.1 Å². The second-order valence-electron chi connectivity index (χ2n) is 5.45. The van der Waals surface area contributed by atoms with E-state index in [-0.39, 0.29) is 18.7 Å². The summed E-state index contributed by atoms with van der Waals surface area (Å²) in [6.45, 7) is 0. The number of nitrogens with one attached hydrogen (secondary N) is 1. The van der Waals surface area contributed by atoms with E-state index >= 15 is 0 Å². The molecule has 4 nitrogen and oxygen atoms in total. The first-order valence-electron chi connectivity index (χ1n) is 7.52. The lowest BCUT2D eigenvalue weighted by Gasteiger charge is -2.16. The largest absolute Gasteiger partial charge is 0.368 e. The number of rotatable bonds is 7. The third-order valence-electron chi connectivity index (χ3n) is 3.60. The number of hydrogen-bond donors (Lipinski definition) is 2. The molecule has 2 aromatic carbocycles. The number of nitrogens with two attached hydrogens (primary N) is 1. The van der Waals surface area contributed by atoms with Crippen molar-refractivity contribution in [2.75, 3.05) is 0 Å². The molecule has 0 aromatic heterocycles. The fourth-order valence-corrected chi connectivity index (χ4v) is 2.78. The van der Waals surface area contributed by atoms with Crippen LogP contribution in [0.3, 0.4) is 0 Å². The second kappa shape index (κ2) is 8.71. The summed E-state index contributed by atoms with van der Waals surface area (Å²) in [6.07, 6.45) is 1.10. The van der Waals surface area contributed by atoms with Crippen molar-refractivity contribution in [1.29, 1.82) is 0 Å². The Morgan fingerprint density at radius 1 is 1.08 bits per heavy atom. The SMILES string of the molecule is NC(=O)[C@@H](Cc1ccc(Cl)cc1Cl)NC(=O)CCc1ccccc1. The highest BCUT2D eigenvalue weighted by Crippen LogP contribution is 2.22. The van der Waals surface area contributed by atoms with Gasteiger partial charge in [0, 0.05) is 22.9 Å². The third kappa shape index (κ3) is 5.55. The van der Waals surface area contributed by atoms with Gasteiger partial charge in [0.2, 0.25) is 11.8 Å². The van der Waals surface area contributed by atoms with Crippen molar-refractivity contribution in [2.45, 2.75) is 25.3 Å². The Kier molecular flexibility index (Phi) is 6.64. The van der Waals surface area contributed by atoms with Crippen LogP contribution in [0.25, 0.3) is 0 Å². The minimum Gasteiger partial charge on any atom is -0.368 e. The van der Waals surface area contributed by atoms with E-state index in [0.29, 0.717) is 22.0 Å². The van der Waals surface area contributed by atoms with Crippen LogP contribution in [0.5, 0.6) is 0 Å². The zero-order chi connectivity index (χ0) is 17.5. The van der Waals surface area contributed by atoms with E-state index in [1.807, 2.05) is 30.3 Å². The summed E-state index contributed by atoms with van der Waals surface area (Å²) in [6, 6.07) is 13.8. The van der Waals surface area contributed by atoms with Crippen molar-refractivity contribution >= 4 is 35.0 Å². The molecule has 1 atom stereocenters. The number of aryl methyl sites for hydroxylation is 1.